The number of carbonyl (C=O) groups is 1. The molecular formula is C22H23N3O2. The second-order valence-corrected chi connectivity index (χ2v) is 6.06. The highest BCUT2D eigenvalue weighted by molar-refractivity contribution is 5.92. The van der Waals surface area contributed by atoms with Gasteiger partial charge in [0.05, 0.1) is 25.4 Å². The van der Waals surface area contributed by atoms with Crippen molar-refractivity contribution in [2.75, 3.05) is 23.9 Å². The first kappa shape index (κ1) is 18.5. The summed E-state index contributed by atoms with van der Waals surface area (Å²) in [6.45, 7) is 2.89. The number of nitrogens with zero attached hydrogens (tertiary/aromatic N) is 2. The predicted molar refractivity (Wildman–Crippen MR) is 109 cm³/mol. The van der Waals surface area contributed by atoms with E-state index >= 15 is 0 Å². The van der Waals surface area contributed by atoms with E-state index in [9.17, 15) is 4.79 Å². The largest absolute Gasteiger partial charge is 0.497 e. The van der Waals surface area contributed by atoms with Crippen LogP contribution in [0.2, 0.25) is 0 Å². The molecule has 138 valence electrons. The number of methoxy groups -OCH3 is 1. The van der Waals surface area contributed by atoms with Crippen molar-refractivity contribution in [1.29, 1.82) is 0 Å². The van der Waals surface area contributed by atoms with E-state index in [1.807, 2.05) is 54.6 Å². The van der Waals surface area contributed by atoms with Gasteiger partial charge in [0.25, 0.3) is 0 Å². The molecule has 1 aromatic heterocycles. The van der Waals surface area contributed by atoms with E-state index in [2.05, 4.69) is 34.3 Å². The fraction of sp³-hybridized carbons (Fsp3) is 0.182. The lowest BCUT2D eigenvalue weighted by Crippen LogP contribution is -2.18. The quantitative estimate of drug-likeness (QED) is 0.676. The van der Waals surface area contributed by atoms with Gasteiger partial charge in [0.1, 0.15) is 11.6 Å². The smallest absolute Gasteiger partial charge is 0.228 e. The predicted octanol–water partition coefficient (Wildman–Crippen LogP) is 4.43. The van der Waals surface area contributed by atoms with Crippen molar-refractivity contribution in [2.24, 2.45) is 0 Å². The zero-order valence-corrected chi connectivity index (χ0v) is 15.6. The molecule has 0 radical (unpaired) electrons. The molecule has 2 aromatic carbocycles. The van der Waals surface area contributed by atoms with E-state index in [0.717, 1.165) is 29.4 Å². The molecule has 0 aliphatic heterocycles. The summed E-state index contributed by atoms with van der Waals surface area (Å²) in [6.07, 6.45) is 1.99. The summed E-state index contributed by atoms with van der Waals surface area (Å²) < 4.78 is 5.13. The number of aromatic nitrogens is 1. The number of hydrogen-bond acceptors (Lipinski definition) is 4. The van der Waals surface area contributed by atoms with Gasteiger partial charge in [0.15, 0.2) is 0 Å². The molecule has 0 bridgehead atoms. The number of carbonyl (C=O) groups excluding carboxylic acids is 1. The summed E-state index contributed by atoms with van der Waals surface area (Å²) in [6, 6.07) is 21.4. The van der Waals surface area contributed by atoms with Crippen LogP contribution in [0, 0.1) is 0 Å². The summed E-state index contributed by atoms with van der Waals surface area (Å²) in [4.78, 5) is 18.9. The monoisotopic (exact) mass is 361 g/mol. The molecule has 5 heteroatoms. The molecule has 1 N–H and O–H groups in total. The molecule has 3 rings (SSSR count). The van der Waals surface area contributed by atoms with E-state index in [0.29, 0.717) is 12.1 Å². The Morgan fingerprint density at radius 2 is 1.78 bits per heavy atom. The average Bonchev–Trinajstić information content (AvgIpc) is 2.71. The third-order valence-electron chi connectivity index (χ3n) is 4.22. The van der Waals surface area contributed by atoms with Crippen molar-refractivity contribution >= 4 is 23.1 Å². The number of ether oxygens (including phenoxy) is 1. The maximum Gasteiger partial charge on any atom is 0.228 e. The van der Waals surface area contributed by atoms with Gasteiger partial charge in [0, 0.05) is 12.2 Å². The van der Waals surface area contributed by atoms with Gasteiger partial charge in [-0.05, 0) is 48.9 Å². The van der Waals surface area contributed by atoms with Crippen LogP contribution >= 0.6 is 0 Å². The number of benzene rings is 2. The molecular weight excluding hydrogens is 338 g/mol. The van der Waals surface area contributed by atoms with Crippen molar-refractivity contribution in [3.05, 3.63) is 78.5 Å². The van der Waals surface area contributed by atoms with E-state index in [4.69, 9.17) is 4.74 Å². The van der Waals surface area contributed by atoms with Crippen LogP contribution in [0.5, 0.6) is 5.75 Å². The van der Waals surface area contributed by atoms with Gasteiger partial charge in [0.2, 0.25) is 5.91 Å². The fourth-order valence-corrected chi connectivity index (χ4v) is 2.84. The molecule has 0 fully saturated rings. The number of para-hydroxylation sites is 1. The Hall–Kier alpha value is -3.34. The Morgan fingerprint density at radius 3 is 2.37 bits per heavy atom. The van der Waals surface area contributed by atoms with Crippen molar-refractivity contribution < 1.29 is 9.53 Å². The number of nitrogens with one attached hydrogen (secondary N) is 1. The van der Waals surface area contributed by atoms with Crippen molar-refractivity contribution in [2.45, 2.75) is 13.3 Å². The zero-order chi connectivity index (χ0) is 19.1. The van der Waals surface area contributed by atoms with Crippen LogP contribution in [0.15, 0.2) is 72.9 Å². The maximum absolute atomic E-state index is 12.3. The third-order valence-corrected chi connectivity index (χ3v) is 4.22. The summed E-state index contributed by atoms with van der Waals surface area (Å²) >= 11 is 0. The van der Waals surface area contributed by atoms with Gasteiger partial charge in [-0.15, -0.1) is 0 Å². The lowest BCUT2D eigenvalue weighted by Gasteiger charge is -2.22. The normalized spacial score (nSPS) is 10.3. The molecule has 27 heavy (non-hydrogen) atoms. The fourth-order valence-electron chi connectivity index (χ4n) is 2.84. The molecule has 0 aliphatic carbocycles. The third kappa shape index (κ3) is 4.85. The maximum atomic E-state index is 12.3. The highest BCUT2D eigenvalue weighted by atomic mass is 16.5. The molecule has 0 saturated heterocycles. The van der Waals surface area contributed by atoms with Crippen molar-refractivity contribution in [3.63, 3.8) is 0 Å². The van der Waals surface area contributed by atoms with Gasteiger partial charge in [-0.3, -0.25) is 4.79 Å². The van der Waals surface area contributed by atoms with E-state index in [1.54, 1.807) is 13.3 Å². The molecule has 5 nitrogen and oxygen atoms in total. The minimum Gasteiger partial charge on any atom is -0.497 e. The van der Waals surface area contributed by atoms with E-state index < -0.39 is 0 Å². The minimum atomic E-state index is -0.0786. The van der Waals surface area contributed by atoms with Gasteiger partial charge in [-0.25, -0.2) is 4.98 Å². The molecule has 0 spiro atoms. The van der Waals surface area contributed by atoms with Gasteiger partial charge >= 0.3 is 0 Å². The highest BCUT2D eigenvalue weighted by Crippen LogP contribution is 2.23. The molecule has 0 atom stereocenters. The van der Waals surface area contributed by atoms with Crippen LogP contribution in [0.1, 0.15) is 12.5 Å². The summed E-state index contributed by atoms with van der Waals surface area (Å²) in [5, 5.41) is 2.89. The van der Waals surface area contributed by atoms with Crippen LogP contribution in [-0.4, -0.2) is 24.5 Å². The van der Waals surface area contributed by atoms with E-state index in [-0.39, 0.29) is 5.91 Å². The number of amides is 1. The van der Waals surface area contributed by atoms with Crippen LogP contribution in [0.4, 0.5) is 17.2 Å². The van der Waals surface area contributed by atoms with Crippen molar-refractivity contribution in [3.8, 4) is 5.75 Å². The molecule has 3 aromatic rings. The number of anilines is 3. The summed E-state index contributed by atoms with van der Waals surface area (Å²) in [5.41, 5.74) is 2.70. The standard InChI is InChI=1S/C22H23N3O2/c1-3-25(19-7-5-4-6-8-19)21-14-11-18(16-23-21)24-22(26)15-17-9-12-20(27-2)13-10-17/h4-14,16H,3,15H2,1-2H3,(H,24,26). The molecule has 0 aliphatic rings. The Bertz CT molecular complexity index is 862. The first-order valence-corrected chi connectivity index (χ1v) is 8.91. The SMILES string of the molecule is CCN(c1ccccc1)c1ccc(NC(=O)Cc2ccc(OC)cc2)cn1. The molecule has 1 amide bonds. The average molecular weight is 361 g/mol. The van der Waals surface area contributed by atoms with Crippen molar-refractivity contribution in [1.82, 2.24) is 4.98 Å². The van der Waals surface area contributed by atoms with Gasteiger partial charge in [-0.2, -0.15) is 0 Å². The summed E-state index contributed by atoms with van der Waals surface area (Å²) in [5.74, 6) is 1.54. The van der Waals surface area contributed by atoms with Gasteiger partial charge in [-0.1, -0.05) is 30.3 Å². The Balaban J connectivity index is 1.63. The Kier molecular flexibility index (Phi) is 6.05. The van der Waals surface area contributed by atoms with Crippen LogP contribution in [0.25, 0.3) is 0 Å². The summed E-state index contributed by atoms with van der Waals surface area (Å²) in [7, 11) is 1.62. The highest BCUT2D eigenvalue weighted by Gasteiger charge is 2.09. The lowest BCUT2D eigenvalue weighted by molar-refractivity contribution is -0.115. The topological polar surface area (TPSA) is 54.5 Å². The zero-order valence-electron chi connectivity index (χ0n) is 15.6. The van der Waals surface area contributed by atoms with Crippen LogP contribution in [0.3, 0.4) is 0 Å². The first-order chi connectivity index (χ1) is 13.2. The lowest BCUT2D eigenvalue weighted by atomic mass is 10.1. The second-order valence-electron chi connectivity index (χ2n) is 6.06. The number of rotatable bonds is 7. The van der Waals surface area contributed by atoms with Gasteiger partial charge < -0.3 is 15.0 Å². The Morgan fingerprint density at radius 1 is 1.04 bits per heavy atom. The molecule has 1 heterocycles. The Labute approximate surface area is 159 Å². The molecule has 0 saturated carbocycles. The first-order valence-electron chi connectivity index (χ1n) is 8.91. The van der Waals surface area contributed by atoms with Crippen LogP contribution < -0.4 is 15.0 Å². The number of hydrogen-bond donors (Lipinski definition) is 1. The van der Waals surface area contributed by atoms with Crippen LogP contribution in [-0.2, 0) is 11.2 Å². The molecule has 0 unspecified atom stereocenters. The second kappa shape index (κ2) is 8.85. The van der Waals surface area contributed by atoms with E-state index in [1.165, 1.54) is 0 Å². The number of pyridine rings is 1. The minimum absolute atomic E-state index is 0.0786.